The predicted octanol–water partition coefficient (Wildman–Crippen LogP) is 0.495. The number of hydrogen-bond acceptors (Lipinski definition) is 4. The van der Waals surface area contributed by atoms with Crippen molar-refractivity contribution >= 4 is 23.4 Å². The van der Waals surface area contributed by atoms with Gasteiger partial charge in [0, 0.05) is 37.9 Å². The van der Waals surface area contributed by atoms with E-state index >= 15 is 0 Å². The summed E-state index contributed by atoms with van der Waals surface area (Å²) in [6.45, 7) is 3.65. The molecule has 2 fully saturated rings. The van der Waals surface area contributed by atoms with E-state index in [1.165, 1.54) is 11.0 Å². The molecule has 26 heavy (non-hydrogen) atoms. The van der Waals surface area contributed by atoms with Crippen LogP contribution in [0.25, 0.3) is 0 Å². The summed E-state index contributed by atoms with van der Waals surface area (Å²) in [5.74, 6) is -1.64. The lowest BCUT2D eigenvalue weighted by atomic mass is 10.2. The van der Waals surface area contributed by atoms with E-state index in [1.54, 1.807) is 19.1 Å². The van der Waals surface area contributed by atoms with Gasteiger partial charge < -0.3 is 15.5 Å². The quantitative estimate of drug-likeness (QED) is 0.764. The summed E-state index contributed by atoms with van der Waals surface area (Å²) < 4.78 is 13.5. The molecule has 1 aromatic carbocycles. The molecule has 0 bridgehead atoms. The summed E-state index contributed by atoms with van der Waals surface area (Å²) in [5.41, 5.74) is 0.943. The zero-order chi connectivity index (χ0) is 18.7. The zero-order valence-corrected chi connectivity index (χ0v) is 14.8. The smallest absolute Gasteiger partial charge is 0.311 e. The van der Waals surface area contributed by atoms with Gasteiger partial charge in [-0.25, -0.2) is 4.39 Å². The number of nitrogens with one attached hydrogen (secondary N) is 2. The molecule has 140 valence electrons. The molecule has 2 N–H and O–H groups in total. The number of nitrogens with zero attached hydrogens (tertiary/aromatic N) is 2. The van der Waals surface area contributed by atoms with Gasteiger partial charge in [0.15, 0.2) is 0 Å². The SMILES string of the molecule is Cc1ccc(NC(=O)CN2CCN(C(=O)C(=O)NC3CC3)CC2)cc1F. The van der Waals surface area contributed by atoms with Gasteiger partial charge in [-0.2, -0.15) is 0 Å². The lowest BCUT2D eigenvalue weighted by molar-refractivity contribution is -0.147. The number of piperazine rings is 1. The average molecular weight is 362 g/mol. The van der Waals surface area contributed by atoms with Gasteiger partial charge in [0.25, 0.3) is 0 Å². The number of amides is 3. The van der Waals surface area contributed by atoms with Crippen LogP contribution in [0.5, 0.6) is 0 Å². The molecule has 1 heterocycles. The van der Waals surface area contributed by atoms with E-state index in [9.17, 15) is 18.8 Å². The summed E-state index contributed by atoms with van der Waals surface area (Å²) in [6.07, 6.45) is 1.87. The molecule has 3 rings (SSSR count). The molecular weight excluding hydrogens is 339 g/mol. The van der Waals surface area contributed by atoms with Gasteiger partial charge >= 0.3 is 11.8 Å². The third kappa shape index (κ3) is 4.78. The monoisotopic (exact) mass is 362 g/mol. The molecule has 0 radical (unpaired) electrons. The van der Waals surface area contributed by atoms with Crippen molar-refractivity contribution in [3.8, 4) is 0 Å². The van der Waals surface area contributed by atoms with E-state index in [0.717, 1.165) is 12.8 Å². The molecule has 1 aliphatic carbocycles. The third-order valence-electron chi connectivity index (χ3n) is 4.59. The molecule has 0 spiro atoms. The Morgan fingerprint density at radius 2 is 1.85 bits per heavy atom. The predicted molar refractivity (Wildman–Crippen MR) is 94.0 cm³/mol. The second-order valence-electron chi connectivity index (χ2n) is 6.83. The third-order valence-corrected chi connectivity index (χ3v) is 4.59. The van der Waals surface area contributed by atoms with Crippen molar-refractivity contribution in [2.75, 3.05) is 38.0 Å². The number of carbonyl (C=O) groups excluding carboxylic acids is 3. The molecule has 0 atom stereocenters. The lowest BCUT2D eigenvalue weighted by Crippen LogP contribution is -2.53. The summed E-state index contributed by atoms with van der Waals surface area (Å²) in [6, 6.07) is 4.72. The highest BCUT2D eigenvalue weighted by molar-refractivity contribution is 6.35. The van der Waals surface area contributed by atoms with Crippen molar-refractivity contribution in [2.24, 2.45) is 0 Å². The first-order valence-corrected chi connectivity index (χ1v) is 8.80. The van der Waals surface area contributed by atoms with Gasteiger partial charge in [-0.15, -0.1) is 0 Å². The Morgan fingerprint density at radius 1 is 1.15 bits per heavy atom. The number of aryl methyl sites for hydroxylation is 1. The van der Waals surface area contributed by atoms with Crippen LogP contribution in [0.2, 0.25) is 0 Å². The van der Waals surface area contributed by atoms with Gasteiger partial charge in [-0.3, -0.25) is 19.3 Å². The molecule has 1 aromatic rings. The van der Waals surface area contributed by atoms with Crippen molar-refractivity contribution in [2.45, 2.75) is 25.8 Å². The lowest BCUT2D eigenvalue weighted by Gasteiger charge is -2.33. The van der Waals surface area contributed by atoms with Crippen LogP contribution >= 0.6 is 0 Å². The van der Waals surface area contributed by atoms with Gasteiger partial charge in [0.05, 0.1) is 6.54 Å². The van der Waals surface area contributed by atoms with Gasteiger partial charge in [-0.05, 0) is 37.5 Å². The summed E-state index contributed by atoms with van der Waals surface area (Å²) in [4.78, 5) is 39.4. The molecule has 1 saturated heterocycles. The number of rotatable bonds is 4. The molecule has 1 saturated carbocycles. The fraction of sp³-hybridized carbons (Fsp3) is 0.500. The highest BCUT2D eigenvalue weighted by Crippen LogP contribution is 2.18. The van der Waals surface area contributed by atoms with Gasteiger partial charge in [0.2, 0.25) is 5.91 Å². The Balaban J connectivity index is 1.42. The Bertz CT molecular complexity index is 712. The first kappa shape index (κ1) is 18.3. The van der Waals surface area contributed by atoms with Crippen LogP contribution in [0.4, 0.5) is 10.1 Å². The van der Waals surface area contributed by atoms with Crippen molar-refractivity contribution in [1.82, 2.24) is 15.1 Å². The maximum atomic E-state index is 13.5. The van der Waals surface area contributed by atoms with E-state index in [-0.39, 0.29) is 24.3 Å². The molecule has 0 aromatic heterocycles. The van der Waals surface area contributed by atoms with Crippen LogP contribution in [0, 0.1) is 12.7 Å². The van der Waals surface area contributed by atoms with E-state index in [0.29, 0.717) is 37.4 Å². The number of carbonyl (C=O) groups is 3. The molecule has 8 heteroatoms. The zero-order valence-electron chi connectivity index (χ0n) is 14.8. The van der Waals surface area contributed by atoms with Crippen LogP contribution in [-0.2, 0) is 14.4 Å². The Labute approximate surface area is 151 Å². The van der Waals surface area contributed by atoms with Crippen LogP contribution in [-0.4, -0.2) is 66.3 Å². The first-order chi connectivity index (χ1) is 12.4. The second-order valence-corrected chi connectivity index (χ2v) is 6.83. The fourth-order valence-corrected chi connectivity index (χ4v) is 2.80. The largest absolute Gasteiger partial charge is 0.345 e. The van der Waals surface area contributed by atoms with Crippen molar-refractivity contribution in [3.63, 3.8) is 0 Å². The van der Waals surface area contributed by atoms with Crippen LogP contribution in [0.3, 0.4) is 0 Å². The van der Waals surface area contributed by atoms with E-state index in [4.69, 9.17) is 0 Å². The highest BCUT2D eigenvalue weighted by atomic mass is 19.1. The molecule has 7 nitrogen and oxygen atoms in total. The standard InChI is InChI=1S/C18H23FN4O3/c1-12-2-3-14(10-15(12)19)20-16(24)11-22-6-8-23(9-7-22)18(26)17(25)21-13-4-5-13/h2-3,10,13H,4-9,11H2,1H3,(H,20,24)(H,21,25). The Kier molecular flexibility index (Phi) is 5.51. The normalized spacial score (nSPS) is 17.7. The highest BCUT2D eigenvalue weighted by Gasteiger charge is 2.30. The molecule has 1 aliphatic heterocycles. The minimum absolute atomic E-state index is 0.156. The maximum absolute atomic E-state index is 13.5. The average Bonchev–Trinajstić information content (AvgIpc) is 3.42. The molecule has 3 amide bonds. The van der Waals surface area contributed by atoms with Crippen LogP contribution in [0.15, 0.2) is 18.2 Å². The van der Waals surface area contributed by atoms with Crippen LogP contribution < -0.4 is 10.6 Å². The Hall–Kier alpha value is -2.48. The van der Waals surface area contributed by atoms with Crippen molar-refractivity contribution in [1.29, 1.82) is 0 Å². The summed E-state index contributed by atoms with van der Waals surface area (Å²) in [5, 5.41) is 5.36. The van der Waals surface area contributed by atoms with Crippen molar-refractivity contribution in [3.05, 3.63) is 29.6 Å². The molecule has 0 unspecified atom stereocenters. The number of anilines is 1. The van der Waals surface area contributed by atoms with E-state index in [2.05, 4.69) is 10.6 Å². The fourth-order valence-electron chi connectivity index (χ4n) is 2.80. The second kappa shape index (κ2) is 7.82. The minimum Gasteiger partial charge on any atom is -0.345 e. The van der Waals surface area contributed by atoms with E-state index in [1.807, 2.05) is 4.90 Å². The molecule has 2 aliphatic rings. The Morgan fingerprint density at radius 3 is 2.46 bits per heavy atom. The summed E-state index contributed by atoms with van der Waals surface area (Å²) >= 11 is 0. The van der Waals surface area contributed by atoms with E-state index < -0.39 is 11.8 Å². The number of hydrogen-bond donors (Lipinski definition) is 2. The van der Waals surface area contributed by atoms with Gasteiger partial charge in [-0.1, -0.05) is 6.07 Å². The van der Waals surface area contributed by atoms with Gasteiger partial charge in [0.1, 0.15) is 5.82 Å². The number of benzene rings is 1. The first-order valence-electron chi connectivity index (χ1n) is 8.80. The van der Waals surface area contributed by atoms with Crippen molar-refractivity contribution < 1.29 is 18.8 Å². The minimum atomic E-state index is -0.542. The maximum Gasteiger partial charge on any atom is 0.311 e. The number of halogens is 1. The topological polar surface area (TPSA) is 81.8 Å². The van der Waals surface area contributed by atoms with Crippen LogP contribution in [0.1, 0.15) is 18.4 Å². The molecular formula is C18H23FN4O3. The summed E-state index contributed by atoms with van der Waals surface area (Å²) in [7, 11) is 0.